The first-order valence-electron chi connectivity index (χ1n) is 8.11. The van der Waals surface area contributed by atoms with E-state index in [-0.39, 0.29) is 29.2 Å². The highest BCUT2D eigenvalue weighted by atomic mass is 35.5. The lowest BCUT2D eigenvalue weighted by Crippen LogP contribution is -2.40. The first kappa shape index (κ1) is 16.5. The summed E-state index contributed by atoms with van der Waals surface area (Å²) in [5.74, 6) is -1.31. The number of aromatic nitrogens is 2. The number of hydrogen-bond donors (Lipinski definition) is 0. The standard InChI is InChI=1S/C19H13ClN2O4/c20-11-7-8-15-13(10-11)17(24)16(23)6-3-9-21-14-5-2-1-4-12(14)18(25)22(15)19(21)26/h1-2,4-5,7-8,10H,3,6,9H2. The lowest BCUT2D eigenvalue weighted by Gasteiger charge is -2.17. The maximum absolute atomic E-state index is 13.1. The zero-order valence-corrected chi connectivity index (χ0v) is 14.3. The van der Waals surface area contributed by atoms with Crippen molar-refractivity contribution < 1.29 is 9.59 Å². The van der Waals surface area contributed by atoms with Crippen molar-refractivity contribution in [1.82, 2.24) is 9.13 Å². The van der Waals surface area contributed by atoms with Crippen LogP contribution in [0.4, 0.5) is 0 Å². The van der Waals surface area contributed by atoms with Crippen LogP contribution < -0.4 is 11.2 Å². The minimum Gasteiger partial charge on any atom is -0.293 e. The van der Waals surface area contributed by atoms with Gasteiger partial charge in [-0.05, 0) is 36.8 Å². The molecule has 0 N–H and O–H groups in total. The van der Waals surface area contributed by atoms with Crippen molar-refractivity contribution in [3.63, 3.8) is 0 Å². The third-order valence-electron chi connectivity index (χ3n) is 4.53. The number of Topliss-reactive ketones (excluding diaryl/α,β-unsaturated/α-hetero) is 2. The summed E-state index contributed by atoms with van der Waals surface area (Å²) in [6.45, 7) is 0.238. The zero-order chi connectivity index (χ0) is 18.4. The largest absolute Gasteiger partial charge is 0.336 e. The number of halogens is 1. The molecule has 4 rings (SSSR count). The van der Waals surface area contributed by atoms with E-state index in [1.165, 1.54) is 22.8 Å². The van der Waals surface area contributed by atoms with Crippen LogP contribution in [-0.2, 0) is 11.3 Å². The third kappa shape index (κ3) is 2.42. The number of carbonyl (C=O) groups is 2. The van der Waals surface area contributed by atoms with Gasteiger partial charge in [0, 0.05) is 18.0 Å². The number of rotatable bonds is 0. The lowest BCUT2D eigenvalue weighted by molar-refractivity contribution is -0.115. The quantitative estimate of drug-likeness (QED) is 0.571. The average Bonchev–Trinajstić information content (AvgIpc) is 2.64. The molecule has 2 aromatic carbocycles. The van der Waals surface area contributed by atoms with Gasteiger partial charge in [-0.3, -0.25) is 19.0 Å². The predicted octanol–water partition coefficient (Wildman–Crippen LogP) is 2.35. The second kappa shape index (κ2) is 6.07. The third-order valence-corrected chi connectivity index (χ3v) is 4.77. The molecule has 2 bridgehead atoms. The van der Waals surface area contributed by atoms with Crippen molar-refractivity contribution in [1.29, 1.82) is 0 Å². The Morgan fingerprint density at radius 3 is 2.54 bits per heavy atom. The van der Waals surface area contributed by atoms with Crippen LogP contribution >= 0.6 is 11.6 Å². The number of aryl methyl sites for hydroxylation is 1. The van der Waals surface area contributed by atoms with Crippen LogP contribution in [-0.4, -0.2) is 20.7 Å². The van der Waals surface area contributed by atoms with Crippen molar-refractivity contribution >= 4 is 34.1 Å². The van der Waals surface area contributed by atoms with E-state index in [0.717, 1.165) is 4.57 Å². The van der Waals surface area contributed by atoms with E-state index in [1.54, 1.807) is 24.3 Å². The molecule has 0 amide bonds. The van der Waals surface area contributed by atoms with E-state index in [2.05, 4.69) is 0 Å². The molecule has 1 aliphatic heterocycles. The molecule has 0 saturated carbocycles. The Hall–Kier alpha value is -2.99. The number of ketones is 2. The molecule has 0 aliphatic carbocycles. The van der Waals surface area contributed by atoms with Gasteiger partial charge in [0.1, 0.15) is 0 Å². The number of fused-ring (bicyclic) bond motifs is 6. The summed E-state index contributed by atoms with van der Waals surface area (Å²) < 4.78 is 2.42. The van der Waals surface area contributed by atoms with Gasteiger partial charge < -0.3 is 0 Å². The van der Waals surface area contributed by atoms with Crippen molar-refractivity contribution in [2.75, 3.05) is 0 Å². The smallest absolute Gasteiger partial charge is 0.293 e. The Labute approximate surface area is 152 Å². The Morgan fingerprint density at radius 1 is 0.962 bits per heavy atom. The molecule has 1 aliphatic rings. The second-order valence-electron chi connectivity index (χ2n) is 6.11. The summed E-state index contributed by atoms with van der Waals surface area (Å²) in [7, 11) is 0. The first-order valence-corrected chi connectivity index (χ1v) is 8.49. The molecular weight excluding hydrogens is 356 g/mol. The van der Waals surface area contributed by atoms with E-state index < -0.39 is 22.8 Å². The second-order valence-corrected chi connectivity index (χ2v) is 6.55. The molecular formula is C19H13ClN2O4. The molecule has 6 nitrogen and oxygen atoms in total. The topological polar surface area (TPSA) is 78.1 Å². The van der Waals surface area contributed by atoms with Crippen LogP contribution in [0.15, 0.2) is 52.1 Å². The van der Waals surface area contributed by atoms with Crippen LogP contribution in [0.3, 0.4) is 0 Å². The number of nitrogens with zero attached hydrogens (tertiary/aromatic N) is 2. The molecule has 0 unspecified atom stereocenters. The Kier molecular flexibility index (Phi) is 3.85. The fraction of sp³-hybridized carbons (Fsp3) is 0.158. The summed E-state index contributed by atoms with van der Waals surface area (Å²) in [5.41, 5.74) is -0.533. The van der Waals surface area contributed by atoms with E-state index >= 15 is 0 Å². The summed E-state index contributed by atoms with van der Waals surface area (Å²) in [6, 6.07) is 11.0. The molecule has 3 aromatic rings. The predicted molar refractivity (Wildman–Crippen MR) is 97.4 cm³/mol. The molecule has 7 heteroatoms. The molecule has 0 spiro atoms. The molecule has 0 atom stereocenters. The van der Waals surface area contributed by atoms with Gasteiger partial charge in [0.2, 0.25) is 11.6 Å². The molecule has 0 radical (unpaired) electrons. The van der Waals surface area contributed by atoms with Gasteiger partial charge in [-0.25, -0.2) is 9.36 Å². The fourth-order valence-corrected chi connectivity index (χ4v) is 3.47. The highest BCUT2D eigenvalue weighted by molar-refractivity contribution is 6.45. The molecule has 1 aromatic heterocycles. The minimum absolute atomic E-state index is 0.0185. The van der Waals surface area contributed by atoms with Gasteiger partial charge in [0.05, 0.1) is 22.2 Å². The highest BCUT2D eigenvalue weighted by Gasteiger charge is 2.25. The number of carbonyl (C=O) groups excluding carboxylic acids is 2. The number of para-hydroxylation sites is 1. The fourth-order valence-electron chi connectivity index (χ4n) is 3.30. The van der Waals surface area contributed by atoms with Gasteiger partial charge in [-0.15, -0.1) is 0 Å². The minimum atomic E-state index is -0.740. The summed E-state index contributed by atoms with van der Waals surface area (Å²) in [6.07, 6.45) is 0.341. The van der Waals surface area contributed by atoms with Crippen molar-refractivity contribution in [2.24, 2.45) is 0 Å². The van der Waals surface area contributed by atoms with Crippen LogP contribution in [0.1, 0.15) is 23.2 Å². The van der Waals surface area contributed by atoms with E-state index in [9.17, 15) is 19.2 Å². The number of hydrogen-bond acceptors (Lipinski definition) is 4. The van der Waals surface area contributed by atoms with E-state index in [4.69, 9.17) is 11.6 Å². The summed E-state index contributed by atoms with van der Waals surface area (Å²) in [5, 5.41) is 0.614. The van der Waals surface area contributed by atoms with Gasteiger partial charge in [-0.1, -0.05) is 23.7 Å². The summed E-state index contributed by atoms with van der Waals surface area (Å²) >= 11 is 5.98. The maximum Gasteiger partial charge on any atom is 0.336 e. The average molecular weight is 369 g/mol. The van der Waals surface area contributed by atoms with E-state index in [1.807, 2.05) is 0 Å². The Morgan fingerprint density at radius 2 is 1.73 bits per heavy atom. The van der Waals surface area contributed by atoms with Crippen LogP contribution in [0, 0.1) is 0 Å². The monoisotopic (exact) mass is 368 g/mol. The van der Waals surface area contributed by atoms with Crippen LogP contribution in [0.25, 0.3) is 16.6 Å². The molecule has 26 heavy (non-hydrogen) atoms. The van der Waals surface area contributed by atoms with Crippen LogP contribution in [0.2, 0.25) is 5.02 Å². The van der Waals surface area contributed by atoms with Gasteiger partial charge in [-0.2, -0.15) is 0 Å². The van der Waals surface area contributed by atoms with Crippen molar-refractivity contribution in [3.8, 4) is 5.69 Å². The number of benzene rings is 2. The van der Waals surface area contributed by atoms with E-state index in [0.29, 0.717) is 17.3 Å². The maximum atomic E-state index is 13.1. The molecule has 0 fully saturated rings. The van der Waals surface area contributed by atoms with Crippen LogP contribution in [0.5, 0.6) is 0 Å². The van der Waals surface area contributed by atoms with Gasteiger partial charge >= 0.3 is 5.69 Å². The summed E-state index contributed by atoms with van der Waals surface area (Å²) in [4.78, 5) is 50.8. The van der Waals surface area contributed by atoms with Crippen molar-refractivity contribution in [3.05, 3.63) is 73.9 Å². The lowest BCUT2D eigenvalue weighted by atomic mass is 10.0. The zero-order valence-electron chi connectivity index (χ0n) is 13.6. The molecule has 130 valence electrons. The van der Waals surface area contributed by atoms with Gasteiger partial charge in [0.15, 0.2) is 0 Å². The molecule has 0 saturated heterocycles. The van der Waals surface area contributed by atoms with Crippen molar-refractivity contribution in [2.45, 2.75) is 19.4 Å². The van der Waals surface area contributed by atoms with Gasteiger partial charge in [0.25, 0.3) is 5.56 Å². The Bertz CT molecular complexity index is 1210. The SMILES string of the molecule is O=C1CCCn2c(=O)n(c(=O)c3ccccc32)-c2ccc(Cl)cc2C1=O. The normalized spacial score (nSPS) is 14.3. The molecule has 2 heterocycles. The Balaban J connectivity index is 2.21. The first-order chi connectivity index (χ1) is 12.5. The highest BCUT2D eigenvalue weighted by Crippen LogP contribution is 2.21.